The Kier molecular flexibility index (Phi) is 4.24. The van der Waals surface area contributed by atoms with E-state index in [0.717, 1.165) is 12.1 Å². The molecule has 6 heteroatoms. The number of anilines is 1. The average molecular weight is 284 g/mol. The fourth-order valence-corrected chi connectivity index (χ4v) is 1.82. The van der Waals surface area contributed by atoms with Gasteiger partial charge in [-0.3, -0.25) is 0 Å². The fraction of sp³-hybridized carbons (Fsp3) is 0.143. The Morgan fingerprint density at radius 3 is 2.10 bits per heavy atom. The summed E-state index contributed by atoms with van der Waals surface area (Å²) in [5, 5.41) is 2.73. The Hall–Kier alpha value is -2.08. The van der Waals surface area contributed by atoms with Gasteiger partial charge in [0, 0.05) is 6.54 Å². The van der Waals surface area contributed by atoms with Crippen LogP contribution in [0.2, 0.25) is 0 Å². The molecule has 0 spiro atoms. The van der Waals surface area contributed by atoms with Crippen molar-refractivity contribution in [1.29, 1.82) is 0 Å². The van der Waals surface area contributed by atoms with Gasteiger partial charge in [0.15, 0.2) is 17.5 Å². The van der Waals surface area contributed by atoms with Gasteiger partial charge in [0.05, 0.1) is 11.7 Å². The van der Waals surface area contributed by atoms with Gasteiger partial charge in [0.25, 0.3) is 0 Å². The Labute approximate surface area is 113 Å². The minimum Gasteiger partial charge on any atom is -0.375 e. The van der Waals surface area contributed by atoms with E-state index < -0.39 is 29.3 Å². The third-order valence-corrected chi connectivity index (χ3v) is 2.85. The van der Waals surface area contributed by atoms with Crippen LogP contribution >= 0.6 is 0 Å². The number of para-hydroxylation sites is 1. The predicted molar refractivity (Wildman–Crippen MR) is 68.1 cm³/mol. The normalized spacial score (nSPS) is 12.2. The van der Waals surface area contributed by atoms with E-state index in [9.17, 15) is 17.6 Å². The molecule has 106 valence electrons. The highest BCUT2D eigenvalue weighted by molar-refractivity contribution is 5.47. The van der Waals surface area contributed by atoms with Crippen molar-refractivity contribution in [2.24, 2.45) is 5.73 Å². The van der Waals surface area contributed by atoms with E-state index in [4.69, 9.17) is 5.73 Å². The van der Waals surface area contributed by atoms with E-state index in [2.05, 4.69) is 5.32 Å². The molecule has 0 fully saturated rings. The monoisotopic (exact) mass is 284 g/mol. The second kappa shape index (κ2) is 5.92. The highest BCUT2D eigenvalue weighted by atomic mass is 19.2. The first-order valence-electron chi connectivity index (χ1n) is 5.88. The van der Waals surface area contributed by atoms with Crippen LogP contribution in [0.15, 0.2) is 36.4 Å². The van der Waals surface area contributed by atoms with Crippen LogP contribution in [0.5, 0.6) is 0 Å². The SMILES string of the molecule is NCC(Nc1ccccc1F)c1cc(F)c(F)c(F)c1. The summed E-state index contributed by atoms with van der Waals surface area (Å²) < 4.78 is 52.8. The molecule has 2 aromatic carbocycles. The number of hydrogen-bond acceptors (Lipinski definition) is 2. The minimum atomic E-state index is -1.55. The first-order chi connectivity index (χ1) is 9.52. The molecule has 0 aliphatic rings. The molecule has 0 amide bonds. The van der Waals surface area contributed by atoms with Gasteiger partial charge in [-0.1, -0.05) is 12.1 Å². The Morgan fingerprint density at radius 2 is 1.55 bits per heavy atom. The summed E-state index contributed by atoms with van der Waals surface area (Å²) in [6.07, 6.45) is 0. The molecule has 0 aromatic heterocycles. The van der Waals surface area contributed by atoms with Gasteiger partial charge in [-0.2, -0.15) is 0 Å². The summed E-state index contributed by atoms with van der Waals surface area (Å²) in [7, 11) is 0. The number of rotatable bonds is 4. The van der Waals surface area contributed by atoms with Crippen LogP contribution in [0.4, 0.5) is 23.2 Å². The molecule has 0 radical (unpaired) electrons. The zero-order valence-corrected chi connectivity index (χ0v) is 10.3. The Morgan fingerprint density at radius 1 is 0.950 bits per heavy atom. The van der Waals surface area contributed by atoms with Crippen molar-refractivity contribution in [3.63, 3.8) is 0 Å². The van der Waals surface area contributed by atoms with Crippen molar-refractivity contribution in [2.75, 3.05) is 11.9 Å². The van der Waals surface area contributed by atoms with Crippen LogP contribution in [0.1, 0.15) is 11.6 Å². The van der Waals surface area contributed by atoms with E-state index in [0.29, 0.717) is 0 Å². The molecule has 2 aromatic rings. The molecule has 20 heavy (non-hydrogen) atoms. The first-order valence-corrected chi connectivity index (χ1v) is 5.88. The molecule has 2 rings (SSSR count). The largest absolute Gasteiger partial charge is 0.375 e. The van der Waals surface area contributed by atoms with Gasteiger partial charge in [-0.25, -0.2) is 17.6 Å². The van der Waals surface area contributed by atoms with E-state index in [1.807, 2.05) is 0 Å². The summed E-state index contributed by atoms with van der Waals surface area (Å²) in [6.45, 7) is -0.0428. The van der Waals surface area contributed by atoms with Crippen molar-refractivity contribution in [3.05, 3.63) is 65.2 Å². The van der Waals surface area contributed by atoms with E-state index in [1.54, 1.807) is 6.07 Å². The lowest BCUT2D eigenvalue weighted by atomic mass is 10.1. The molecule has 2 nitrogen and oxygen atoms in total. The molecule has 0 heterocycles. The Bertz CT molecular complexity index is 593. The lowest BCUT2D eigenvalue weighted by Crippen LogP contribution is -2.21. The highest BCUT2D eigenvalue weighted by Gasteiger charge is 2.17. The van der Waals surface area contributed by atoms with Crippen molar-refractivity contribution >= 4 is 5.69 Å². The zero-order chi connectivity index (χ0) is 14.7. The topological polar surface area (TPSA) is 38.0 Å². The van der Waals surface area contributed by atoms with Gasteiger partial charge < -0.3 is 11.1 Å². The van der Waals surface area contributed by atoms with E-state index >= 15 is 0 Å². The molecule has 0 saturated carbocycles. The first kappa shape index (κ1) is 14.3. The maximum Gasteiger partial charge on any atom is 0.194 e. The van der Waals surface area contributed by atoms with Crippen molar-refractivity contribution < 1.29 is 17.6 Å². The fourth-order valence-electron chi connectivity index (χ4n) is 1.82. The van der Waals surface area contributed by atoms with Crippen LogP contribution in [0, 0.1) is 23.3 Å². The quantitative estimate of drug-likeness (QED) is 0.667. The van der Waals surface area contributed by atoms with Gasteiger partial charge in [-0.15, -0.1) is 0 Å². The lowest BCUT2D eigenvalue weighted by Gasteiger charge is -2.19. The smallest absolute Gasteiger partial charge is 0.194 e. The minimum absolute atomic E-state index is 0.0428. The molecule has 0 aliphatic heterocycles. The second-order valence-corrected chi connectivity index (χ2v) is 4.21. The third-order valence-electron chi connectivity index (χ3n) is 2.85. The standard InChI is InChI=1S/C14H12F4N2/c15-9-3-1-2-4-12(9)20-13(7-19)8-5-10(16)14(18)11(17)6-8/h1-6,13,20H,7,19H2. The van der Waals surface area contributed by atoms with Gasteiger partial charge >= 0.3 is 0 Å². The molecular weight excluding hydrogens is 272 g/mol. The second-order valence-electron chi connectivity index (χ2n) is 4.21. The van der Waals surface area contributed by atoms with Crippen molar-refractivity contribution in [3.8, 4) is 0 Å². The summed E-state index contributed by atoms with van der Waals surface area (Å²) in [5.74, 6) is -4.69. The zero-order valence-electron chi connectivity index (χ0n) is 10.3. The molecule has 0 saturated heterocycles. The van der Waals surface area contributed by atoms with Gasteiger partial charge in [0.2, 0.25) is 0 Å². The highest BCUT2D eigenvalue weighted by Crippen LogP contribution is 2.23. The summed E-state index contributed by atoms with van der Waals surface area (Å²) in [5.41, 5.74) is 5.77. The maximum absolute atomic E-state index is 13.5. The van der Waals surface area contributed by atoms with Gasteiger partial charge in [0.1, 0.15) is 5.82 Å². The molecule has 1 atom stereocenters. The maximum atomic E-state index is 13.5. The van der Waals surface area contributed by atoms with Crippen LogP contribution in [-0.2, 0) is 0 Å². The Balaban J connectivity index is 2.31. The molecule has 3 N–H and O–H groups in total. The molecular formula is C14H12F4N2. The van der Waals surface area contributed by atoms with Crippen LogP contribution in [0.3, 0.4) is 0 Å². The number of hydrogen-bond donors (Lipinski definition) is 2. The number of nitrogens with two attached hydrogens (primary N) is 1. The summed E-state index contributed by atoms with van der Waals surface area (Å²) in [4.78, 5) is 0. The van der Waals surface area contributed by atoms with E-state index in [-0.39, 0.29) is 17.8 Å². The average Bonchev–Trinajstić information content (AvgIpc) is 2.43. The van der Waals surface area contributed by atoms with Gasteiger partial charge in [-0.05, 0) is 29.8 Å². The molecule has 0 aliphatic carbocycles. The predicted octanol–water partition coefficient (Wildman–Crippen LogP) is 3.35. The lowest BCUT2D eigenvalue weighted by molar-refractivity contribution is 0.444. The number of benzene rings is 2. The van der Waals surface area contributed by atoms with Crippen LogP contribution in [0.25, 0.3) is 0 Å². The van der Waals surface area contributed by atoms with Crippen molar-refractivity contribution in [1.82, 2.24) is 0 Å². The molecule has 1 unspecified atom stereocenters. The summed E-state index contributed by atoms with van der Waals surface area (Å²) >= 11 is 0. The summed E-state index contributed by atoms with van der Waals surface area (Å²) in [6, 6.07) is 6.75. The molecule has 0 bridgehead atoms. The third kappa shape index (κ3) is 2.91. The van der Waals surface area contributed by atoms with Crippen LogP contribution in [-0.4, -0.2) is 6.54 Å². The number of nitrogens with one attached hydrogen (secondary N) is 1. The van der Waals surface area contributed by atoms with Crippen molar-refractivity contribution in [2.45, 2.75) is 6.04 Å². The van der Waals surface area contributed by atoms with E-state index in [1.165, 1.54) is 18.2 Å². The van der Waals surface area contributed by atoms with Crippen LogP contribution < -0.4 is 11.1 Å². The number of halogens is 4.